The van der Waals surface area contributed by atoms with E-state index in [9.17, 15) is 0 Å². The van der Waals surface area contributed by atoms with Crippen LogP contribution in [0.3, 0.4) is 0 Å². The highest BCUT2D eigenvalue weighted by molar-refractivity contribution is 6.26. The molecule has 3 heteroatoms. The van der Waals surface area contributed by atoms with Crippen molar-refractivity contribution in [3.8, 4) is 39.3 Å². The first kappa shape index (κ1) is 42.7. The largest absolute Gasteiger partial charge is 0.309 e. The van der Waals surface area contributed by atoms with Crippen molar-refractivity contribution >= 4 is 65.4 Å². The van der Waals surface area contributed by atoms with Crippen molar-refractivity contribution in [1.82, 2.24) is 13.7 Å². The second-order valence-electron chi connectivity index (χ2n) is 19.5. The number of hydrogen-bond donors (Lipinski definition) is 0. The molecule has 0 radical (unpaired) electrons. The minimum absolute atomic E-state index is 0.517. The van der Waals surface area contributed by atoms with E-state index in [-0.39, 0.29) is 0 Å². The topological polar surface area (TPSA) is 14.8 Å². The number of aromatic nitrogens is 3. The van der Waals surface area contributed by atoms with Crippen molar-refractivity contribution in [2.75, 3.05) is 0 Å². The van der Waals surface area contributed by atoms with Crippen LogP contribution in [0.15, 0.2) is 261 Å². The predicted molar refractivity (Wildman–Crippen MR) is 308 cm³/mol. The van der Waals surface area contributed by atoms with E-state index in [1.165, 1.54) is 116 Å². The van der Waals surface area contributed by atoms with E-state index < -0.39 is 5.41 Å². The zero-order valence-corrected chi connectivity index (χ0v) is 40.9. The fraction of sp³-hybridized carbons (Fsp3) is 0.0571. The molecule has 0 unspecified atom stereocenters. The number of fused-ring (bicyclic) bond motifs is 13. The molecule has 11 aromatic carbocycles. The lowest BCUT2D eigenvalue weighted by Crippen LogP contribution is -2.28. The molecular weight excluding hydrogens is 883 g/mol. The lowest BCUT2D eigenvalue weighted by Gasteiger charge is -2.34. The molecule has 3 heterocycles. The highest BCUT2D eigenvalue weighted by atomic mass is 15.0. The summed E-state index contributed by atoms with van der Waals surface area (Å²) in [6, 6.07) is 96.6. The van der Waals surface area contributed by atoms with Gasteiger partial charge in [-0.2, -0.15) is 0 Å². The van der Waals surface area contributed by atoms with Gasteiger partial charge in [0.05, 0.1) is 38.5 Å². The highest BCUT2D eigenvalue weighted by Gasteiger charge is 2.46. The molecular formula is C70H51N3. The van der Waals surface area contributed by atoms with Gasteiger partial charge in [-0.25, -0.2) is 0 Å². The molecule has 0 N–H and O–H groups in total. The third kappa shape index (κ3) is 6.25. The van der Waals surface area contributed by atoms with E-state index >= 15 is 0 Å². The maximum absolute atomic E-state index is 2.54. The molecule has 1 aliphatic rings. The van der Waals surface area contributed by atoms with Gasteiger partial charge in [-0.3, -0.25) is 0 Å². The summed E-state index contributed by atoms with van der Waals surface area (Å²) in [6.45, 7) is 4.25. The van der Waals surface area contributed by atoms with Gasteiger partial charge in [-0.1, -0.05) is 208 Å². The van der Waals surface area contributed by atoms with Crippen LogP contribution in [0.25, 0.3) is 105 Å². The quantitative estimate of drug-likeness (QED) is 0.158. The first-order valence-electron chi connectivity index (χ1n) is 25.7. The molecule has 0 bridgehead atoms. The van der Waals surface area contributed by atoms with E-state index in [2.05, 4.69) is 288 Å². The first-order chi connectivity index (χ1) is 36.2. The lowest BCUT2D eigenvalue weighted by molar-refractivity contribution is 0.770. The molecule has 15 rings (SSSR count). The standard InChI is InChI=1S/C67H43N3.C3H8/c1-4-19-45(20-5-1)67(57-30-14-10-25-51(57)52-26-11-15-31-58(52)67)46-37-41-61-56(43-46)53-40-42-63-65(55-28-13-17-33-60(55)69(63)48-23-8-3-9-24-48)66(53)70(61)49-38-35-44(36-39-49)50-29-18-34-62-64(50)54-27-12-16-32-59(54)68(62)47-21-6-2-7-22-47;1-3-2/h1-43H;3H2,1-2H3. The number of nitrogens with zero attached hydrogens (tertiary/aromatic N) is 3. The van der Waals surface area contributed by atoms with Crippen molar-refractivity contribution in [2.45, 2.75) is 25.7 Å². The Kier molecular flexibility index (Phi) is 9.94. The van der Waals surface area contributed by atoms with E-state index in [1.807, 2.05) is 0 Å². The van der Waals surface area contributed by atoms with Crippen LogP contribution in [-0.4, -0.2) is 13.7 Å². The molecule has 3 nitrogen and oxygen atoms in total. The lowest BCUT2D eigenvalue weighted by atomic mass is 9.67. The van der Waals surface area contributed by atoms with Crippen LogP contribution >= 0.6 is 0 Å². The Morgan fingerprint density at radius 3 is 1.37 bits per heavy atom. The Labute approximate surface area is 425 Å². The van der Waals surface area contributed by atoms with Gasteiger partial charge in [0.25, 0.3) is 0 Å². The maximum atomic E-state index is 2.54. The Balaban J connectivity index is 0.00000161. The summed E-state index contributed by atoms with van der Waals surface area (Å²) in [7, 11) is 0. The van der Waals surface area contributed by atoms with Gasteiger partial charge in [0.1, 0.15) is 0 Å². The third-order valence-electron chi connectivity index (χ3n) is 15.3. The molecule has 0 atom stereocenters. The van der Waals surface area contributed by atoms with Gasteiger partial charge < -0.3 is 13.7 Å². The van der Waals surface area contributed by atoms with E-state index in [0.29, 0.717) is 0 Å². The molecule has 0 saturated carbocycles. The third-order valence-corrected chi connectivity index (χ3v) is 15.3. The van der Waals surface area contributed by atoms with Crippen LogP contribution in [0.5, 0.6) is 0 Å². The smallest absolute Gasteiger partial charge is 0.0713 e. The number of benzene rings is 11. The highest BCUT2D eigenvalue weighted by Crippen LogP contribution is 2.57. The Morgan fingerprint density at radius 1 is 0.301 bits per heavy atom. The fourth-order valence-corrected chi connectivity index (χ4v) is 12.5. The molecule has 0 spiro atoms. The van der Waals surface area contributed by atoms with Gasteiger partial charge in [0.2, 0.25) is 0 Å². The summed E-state index contributed by atoms with van der Waals surface area (Å²) in [5, 5.41) is 7.44. The number of para-hydroxylation sites is 4. The van der Waals surface area contributed by atoms with E-state index in [0.717, 1.165) is 17.1 Å². The van der Waals surface area contributed by atoms with Crippen molar-refractivity contribution in [3.05, 3.63) is 283 Å². The molecule has 0 fully saturated rings. The Hall–Kier alpha value is -9.18. The van der Waals surface area contributed by atoms with Gasteiger partial charge in [-0.05, 0) is 117 Å². The summed E-state index contributed by atoms with van der Waals surface area (Å²) >= 11 is 0. The molecule has 1 aliphatic carbocycles. The monoisotopic (exact) mass is 933 g/mol. The second-order valence-corrected chi connectivity index (χ2v) is 19.5. The predicted octanol–water partition coefficient (Wildman–Crippen LogP) is 18.4. The zero-order valence-electron chi connectivity index (χ0n) is 40.9. The number of rotatable bonds is 6. The molecule has 3 aromatic heterocycles. The van der Waals surface area contributed by atoms with Crippen LogP contribution in [0.4, 0.5) is 0 Å². The van der Waals surface area contributed by atoms with Gasteiger partial charge in [-0.15, -0.1) is 0 Å². The average Bonchev–Trinajstić information content (AvgIpc) is 4.18. The summed E-state index contributed by atoms with van der Waals surface area (Å²) in [5.74, 6) is 0. The summed E-state index contributed by atoms with van der Waals surface area (Å²) in [5.41, 5.74) is 20.2. The molecule has 0 amide bonds. The number of hydrogen-bond acceptors (Lipinski definition) is 0. The fourth-order valence-electron chi connectivity index (χ4n) is 12.5. The molecule has 0 saturated heterocycles. The van der Waals surface area contributed by atoms with Crippen molar-refractivity contribution < 1.29 is 0 Å². The minimum Gasteiger partial charge on any atom is -0.309 e. The second kappa shape index (κ2) is 17.0. The maximum Gasteiger partial charge on any atom is 0.0713 e. The Morgan fingerprint density at radius 2 is 0.753 bits per heavy atom. The van der Waals surface area contributed by atoms with Crippen LogP contribution in [-0.2, 0) is 5.41 Å². The van der Waals surface area contributed by atoms with Gasteiger partial charge in [0, 0.05) is 49.4 Å². The van der Waals surface area contributed by atoms with Crippen molar-refractivity contribution in [2.24, 2.45) is 0 Å². The zero-order chi connectivity index (χ0) is 48.6. The SMILES string of the molecule is CCC.c1ccc(-n2c3ccccc3c3c(-c4ccc(-n5c6ccc(C7(c8ccccc8)c8ccccc8-c8ccccc87)cc6c6ccc7c(c8ccccc8n7-c7ccccc7)c65)cc4)cccc32)cc1. The van der Waals surface area contributed by atoms with Crippen molar-refractivity contribution in [1.29, 1.82) is 0 Å². The molecule has 14 aromatic rings. The first-order valence-corrected chi connectivity index (χ1v) is 25.7. The van der Waals surface area contributed by atoms with Crippen LogP contribution in [0, 0.1) is 0 Å². The van der Waals surface area contributed by atoms with Crippen molar-refractivity contribution in [3.63, 3.8) is 0 Å². The molecule has 73 heavy (non-hydrogen) atoms. The summed E-state index contributed by atoms with van der Waals surface area (Å²) in [6.07, 6.45) is 1.25. The Bertz CT molecular complexity index is 4360. The van der Waals surface area contributed by atoms with Gasteiger partial charge in [0.15, 0.2) is 0 Å². The minimum atomic E-state index is -0.517. The normalized spacial score (nSPS) is 12.7. The van der Waals surface area contributed by atoms with Crippen LogP contribution < -0.4 is 0 Å². The summed E-state index contributed by atoms with van der Waals surface area (Å²) in [4.78, 5) is 0. The van der Waals surface area contributed by atoms with Crippen LogP contribution in [0.2, 0.25) is 0 Å². The van der Waals surface area contributed by atoms with E-state index in [4.69, 9.17) is 0 Å². The van der Waals surface area contributed by atoms with Gasteiger partial charge >= 0.3 is 0 Å². The molecule has 346 valence electrons. The average molecular weight is 934 g/mol. The molecule has 0 aliphatic heterocycles. The van der Waals surface area contributed by atoms with Crippen LogP contribution in [0.1, 0.15) is 42.5 Å². The summed E-state index contributed by atoms with van der Waals surface area (Å²) < 4.78 is 7.37. The van der Waals surface area contributed by atoms with E-state index in [1.54, 1.807) is 0 Å².